The Morgan fingerprint density at radius 2 is 2.33 bits per heavy atom. The second-order valence-electron chi connectivity index (χ2n) is 1.65. The molecule has 0 unspecified atom stereocenters. The molecule has 6 heteroatoms. The van der Waals surface area contributed by atoms with E-state index in [1.165, 1.54) is 0 Å². The van der Waals surface area contributed by atoms with E-state index in [0.29, 0.717) is 0 Å². The number of hydrogen-bond acceptors (Lipinski definition) is 5. The zero-order valence-corrected chi connectivity index (χ0v) is 5.43. The van der Waals surface area contributed by atoms with E-state index >= 15 is 0 Å². The summed E-state index contributed by atoms with van der Waals surface area (Å²) in [5.74, 6) is 0. The van der Waals surface area contributed by atoms with E-state index in [1.807, 2.05) is 0 Å². The lowest BCUT2D eigenvalue weighted by molar-refractivity contribution is 0.244. The molecule has 0 aromatic heterocycles. The molecule has 0 bridgehead atoms. The average Bonchev–Trinajstić information content (AvgIpc) is 2.10. The zero-order chi connectivity index (χ0) is 6.91. The maximum absolute atomic E-state index is 10.3. The summed E-state index contributed by atoms with van der Waals surface area (Å²) in [6.45, 7) is 0.206. The maximum atomic E-state index is 10.3. The monoisotopic (exact) mass is 153 g/mol. The van der Waals surface area contributed by atoms with Crippen LogP contribution in [0.5, 0.6) is 0 Å². The van der Waals surface area contributed by atoms with Crippen molar-refractivity contribution in [2.24, 2.45) is 5.73 Å². The normalized spacial score (nSPS) is 32.8. The van der Waals surface area contributed by atoms with Gasteiger partial charge in [-0.05, 0) is 0 Å². The van der Waals surface area contributed by atoms with E-state index < -0.39 is 16.5 Å². The van der Waals surface area contributed by atoms with E-state index in [0.717, 1.165) is 0 Å². The van der Waals surface area contributed by atoms with E-state index in [-0.39, 0.29) is 13.2 Å². The van der Waals surface area contributed by atoms with Crippen LogP contribution in [0.25, 0.3) is 0 Å². The fraction of sp³-hybridized carbons (Fsp3) is 1.00. The first kappa shape index (κ1) is 6.94. The zero-order valence-electron chi connectivity index (χ0n) is 4.61. The van der Waals surface area contributed by atoms with Crippen molar-refractivity contribution in [3.05, 3.63) is 0 Å². The molecular weight excluding hydrogens is 146 g/mol. The summed E-state index contributed by atoms with van der Waals surface area (Å²) in [5, 5.41) is 0. The van der Waals surface area contributed by atoms with Gasteiger partial charge in [0.1, 0.15) is 6.10 Å². The predicted molar refractivity (Wildman–Crippen MR) is 28.8 cm³/mol. The fourth-order valence-corrected chi connectivity index (χ4v) is 1.33. The van der Waals surface area contributed by atoms with Crippen molar-refractivity contribution in [1.82, 2.24) is 0 Å². The molecule has 1 heterocycles. The van der Waals surface area contributed by atoms with Gasteiger partial charge in [-0.3, -0.25) is 0 Å². The molecule has 0 aromatic rings. The van der Waals surface area contributed by atoms with Crippen LogP contribution >= 0.6 is 0 Å². The van der Waals surface area contributed by atoms with Crippen molar-refractivity contribution in [2.75, 3.05) is 13.2 Å². The highest BCUT2D eigenvalue weighted by molar-refractivity contribution is 7.82. The molecule has 0 aliphatic carbocycles. The first-order chi connectivity index (χ1) is 4.14. The van der Waals surface area contributed by atoms with E-state index in [4.69, 9.17) is 5.73 Å². The fourth-order valence-electron chi connectivity index (χ4n) is 0.489. The lowest BCUT2D eigenvalue weighted by atomic mass is 10.4. The third kappa shape index (κ3) is 1.62. The average molecular weight is 153 g/mol. The molecule has 1 aliphatic heterocycles. The minimum Gasteiger partial charge on any atom is -0.328 e. The van der Waals surface area contributed by atoms with Crippen LogP contribution in [0.1, 0.15) is 0 Å². The quantitative estimate of drug-likeness (QED) is 0.501. The summed E-state index contributed by atoms with van der Waals surface area (Å²) in [6, 6.07) is 0. The Morgan fingerprint density at radius 1 is 1.67 bits per heavy atom. The predicted octanol–water partition coefficient (Wildman–Crippen LogP) is -1.39. The summed E-state index contributed by atoms with van der Waals surface area (Å²) in [7, 11) is -3.69. The second-order valence-corrected chi connectivity index (χ2v) is 2.89. The Bertz CT molecular complexity index is 186. The Balaban J connectivity index is 2.58. The molecule has 1 aliphatic rings. The molecule has 54 valence electrons. The van der Waals surface area contributed by atoms with E-state index in [1.54, 1.807) is 0 Å². The maximum Gasteiger partial charge on any atom is 0.400 e. The van der Waals surface area contributed by atoms with Gasteiger partial charge in [0.05, 0.1) is 6.61 Å². The van der Waals surface area contributed by atoms with Crippen LogP contribution < -0.4 is 5.73 Å². The molecule has 0 aromatic carbocycles. The lowest BCUT2D eigenvalue weighted by Crippen LogP contribution is -2.21. The van der Waals surface area contributed by atoms with Crippen LogP contribution in [0.2, 0.25) is 0 Å². The molecule has 0 spiro atoms. The third-order valence-corrected chi connectivity index (χ3v) is 1.85. The van der Waals surface area contributed by atoms with Gasteiger partial charge < -0.3 is 5.73 Å². The summed E-state index contributed by atoms with van der Waals surface area (Å²) in [6.07, 6.45) is -0.491. The Labute approximate surface area is 53.1 Å². The smallest absolute Gasteiger partial charge is 0.328 e. The molecule has 1 fully saturated rings. The standard InChI is InChI=1S/C3H7NO4S/c4-1-3-2-7-9(5,6)8-3/h3H,1-2,4H2/t3-/m0/s1. The molecule has 5 nitrogen and oxygen atoms in total. The number of hydrogen-bond donors (Lipinski definition) is 1. The van der Waals surface area contributed by atoms with Crippen LogP contribution in [0, 0.1) is 0 Å². The molecule has 1 saturated heterocycles. The minimum atomic E-state index is -3.69. The number of nitrogens with two attached hydrogens (primary N) is 1. The summed E-state index contributed by atoms with van der Waals surface area (Å²) in [5.41, 5.74) is 5.09. The van der Waals surface area contributed by atoms with Crippen molar-refractivity contribution in [3.8, 4) is 0 Å². The second kappa shape index (κ2) is 2.22. The molecular formula is C3H7NO4S. The Hall–Kier alpha value is -0.170. The third-order valence-electron chi connectivity index (χ3n) is 0.915. The van der Waals surface area contributed by atoms with Gasteiger partial charge >= 0.3 is 10.4 Å². The molecule has 0 saturated carbocycles. The Kier molecular flexibility index (Phi) is 1.71. The first-order valence-corrected chi connectivity index (χ1v) is 3.75. The molecule has 0 amide bonds. The Morgan fingerprint density at radius 3 is 2.56 bits per heavy atom. The topological polar surface area (TPSA) is 78.6 Å². The summed E-state index contributed by atoms with van der Waals surface area (Å²) < 4.78 is 29.1. The lowest BCUT2D eigenvalue weighted by Gasteiger charge is -1.96. The van der Waals surface area contributed by atoms with Crippen molar-refractivity contribution < 1.29 is 16.8 Å². The largest absolute Gasteiger partial charge is 0.400 e. The number of rotatable bonds is 1. The van der Waals surface area contributed by atoms with Crippen molar-refractivity contribution in [1.29, 1.82) is 0 Å². The van der Waals surface area contributed by atoms with Crippen LogP contribution in [0.4, 0.5) is 0 Å². The van der Waals surface area contributed by atoms with Gasteiger partial charge in [0.2, 0.25) is 0 Å². The van der Waals surface area contributed by atoms with Gasteiger partial charge in [0, 0.05) is 6.54 Å². The van der Waals surface area contributed by atoms with Gasteiger partial charge in [0.25, 0.3) is 0 Å². The van der Waals surface area contributed by atoms with Crippen LogP contribution in [0.15, 0.2) is 0 Å². The summed E-state index contributed by atoms with van der Waals surface area (Å²) >= 11 is 0. The molecule has 1 atom stereocenters. The van der Waals surface area contributed by atoms with Crippen molar-refractivity contribution in [2.45, 2.75) is 6.10 Å². The first-order valence-electron chi connectivity index (χ1n) is 2.42. The van der Waals surface area contributed by atoms with Crippen LogP contribution in [0.3, 0.4) is 0 Å². The molecule has 0 radical (unpaired) electrons. The van der Waals surface area contributed by atoms with Gasteiger partial charge in [-0.2, -0.15) is 8.42 Å². The van der Waals surface area contributed by atoms with Crippen LogP contribution in [-0.2, 0) is 18.8 Å². The molecule has 2 N–H and O–H groups in total. The van der Waals surface area contributed by atoms with Gasteiger partial charge in [-0.25, -0.2) is 8.37 Å². The molecule has 1 rings (SSSR count). The highest BCUT2D eigenvalue weighted by Gasteiger charge is 2.28. The minimum absolute atomic E-state index is 0.0405. The highest BCUT2D eigenvalue weighted by atomic mass is 32.3. The summed E-state index contributed by atoms with van der Waals surface area (Å²) in [4.78, 5) is 0. The highest BCUT2D eigenvalue weighted by Crippen LogP contribution is 2.10. The van der Waals surface area contributed by atoms with Crippen LogP contribution in [-0.4, -0.2) is 27.7 Å². The van der Waals surface area contributed by atoms with Gasteiger partial charge in [-0.1, -0.05) is 0 Å². The van der Waals surface area contributed by atoms with Gasteiger partial charge in [0.15, 0.2) is 0 Å². The van der Waals surface area contributed by atoms with Crippen molar-refractivity contribution >= 4 is 10.4 Å². The van der Waals surface area contributed by atoms with E-state index in [2.05, 4.69) is 8.37 Å². The molecule has 9 heavy (non-hydrogen) atoms. The van der Waals surface area contributed by atoms with Crippen molar-refractivity contribution in [3.63, 3.8) is 0 Å². The SMILES string of the molecule is NC[C@H]1COS(=O)(=O)O1. The van der Waals surface area contributed by atoms with E-state index in [9.17, 15) is 8.42 Å². The van der Waals surface area contributed by atoms with Gasteiger partial charge in [-0.15, -0.1) is 0 Å².